The number of pyridine rings is 1. The summed E-state index contributed by atoms with van der Waals surface area (Å²) >= 11 is 0. The van der Waals surface area contributed by atoms with Crippen LogP contribution >= 0.6 is 0 Å². The monoisotopic (exact) mass is 318 g/mol. The molecule has 0 saturated heterocycles. The Kier molecular flexibility index (Phi) is 3.97. The topological polar surface area (TPSA) is 78.6 Å². The zero-order chi connectivity index (χ0) is 16.6. The highest BCUT2D eigenvalue weighted by Gasteiger charge is 2.16. The summed E-state index contributed by atoms with van der Waals surface area (Å²) in [6, 6.07) is 7.09. The molecule has 2 heterocycles. The zero-order valence-electron chi connectivity index (χ0n) is 12.5. The van der Waals surface area contributed by atoms with E-state index in [1.54, 1.807) is 29.7 Å². The van der Waals surface area contributed by atoms with E-state index in [4.69, 9.17) is 16.2 Å². The van der Waals surface area contributed by atoms with Gasteiger partial charge in [0.05, 0.1) is 23.1 Å². The minimum Gasteiger partial charge on any atom is -0.485 e. The van der Waals surface area contributed by atoms with Crippen molar-refractivity contribution >= 4 is 5.65 Å². The normalized spacial score (nSPS) is 11.4. The van der Waals surface area contributed by atoms with Crippen molar-refractivity contribution in [1.29, 1.82) is 0 Å². The molecule has 0 bridgehead atoms. The molecule has 0 unspecified atom stereocenters. The van der Waals surface area contributed by atoms with Gasteiger partial charge in [0.2, 0.25) is 0 Å². The molecule has 0 aliphatic rings. The lowest BCUT2D eigenvalue weighted by molar-refractivity contribution is 0.294. The molecule has 0 aliphatic heterocycles. The summed E-state index contributed by atoms with van der Waals surface area (Å²) in [6.07, 6.45) is 1.07. The molecule has 1 aromatic carbocycles. The fraction of sp³-hybridized carbons (Fsp3) is 0.188. The smallest absolute Gasteiger partial charge is 0.180 e. The van der Waals surface area contributed by atoms with Crippen molar-refractivity contribution in [2.75, 3.05) is 0 Å². The number of hydrogen-bond donors (Lipinski definition) is 2. The van der Waals surface area contributed by atoms with E-state index in [1.165, 1.54) is 18.2 Å². The molecule has 3 aromatic rings. The van der Waals surface area contributed by atoms with Crippen molar-refractivity contribution in [2.24, 2.45) is 11.5 Å². The molecule has 23 heavy (non-hydrogen) atoms. The Morgan fingerprint density at radius 3 is 2.52 bits per heavy atom. The molecule has 0 amide bonds. The number of imidazole rings is 1. The van der Waals surface area contributed by atoms with Crippen LogP contribution in [0.2, 0.25) is 0 Å². The van der Waals surface area contributed by atoms with Crippen LogP contribution in [0, 0.1) is 18.6 Å². The SMILES string of the molecule is Cc1nc2c(OCc3c(F)cccc3F)cccn2c1C(N)N. The lowest BCUT2D eigenvalue weighted by Crippen LogP contribution is -2.22. The number of nitrogens with two attached hydrogens (primary N) is 2. The van der Waals surface area contributed by atoms with Gasteiger partial charge in [0.15, 0.2) is 11.4 Å². The Morgan fingerprint density at radius 2 is 1.87 bits per heavy atom. The Balaban J connectivity index is 1.97. The van der Waals surface area contributed by atoms with Crippen molar-refractivity contribution in [1.82, 2.24) is 9.38 Å². The molecule has 0 radical (unpaired) electrons. The summed E-state index contributed by atoms with van der Waals surface area (Å²) in [7, 11) is 0. The number of rotatable bonds is 4. The van der Waals surface area contributed by atoms with Crippen LogP contribution in [0.15, 0.2) is 36.5 Å². The van der Waals surface area contributed by atoms with Gasteiger partial charge in [-0.25, -0.2) is 13.8 Å². The largest absolute Gasteiger partial charge is 0.485 e. The molecule has 120 valence electrons. The summed E-state index contributed by atoms with van der Waals surface area (Å²) in [5, 5.41) is 0. The van der Waals surface area contributed by atoms with Gasteiger partial charge in [-0.15, -0.1) is 0 Å². The number of ether oxygens (including phenoxy) is 1. The minimum absolute atomic E-state index is 0.131. The predicted molar refractivity (Wildman–Crippen MR) is 81.7 cm³/mol. The average Bonchev–Trinajstić information content (AvgIpc) is 2.83. The number of nitrogens with zero attached hydrogens (tertiary/aromatic N) is 2. The third-order valence-electron chi connectivity index (χ3n) is 3.58. The molecule has 7 heteroatoms. The Bertz CT molecular complexity index is 840. The molecular weight excluding hydrogens is 302 g/mol. The molecule has 2 aromatic heterocycles. The number of aryl methyl sites for hydroxylation is 1. The van der Waals surface area contributed by atoms with Crippen molar-refractivity contribution in [3.8, 4) is 5.75 Å². The first-order valence-electron chi connectivity index (χ1n) is 7.03. The maximum absolute atomic E-state index is 13.7. The van der Waals surface area contributed by atoms with E-state index in [0.717, 1.165) is 0 Å². The first-order chi connectivity index (χ1) is 11.0. The van der Waals surface area contributed by atoms with Crippen LogP contribution < -0.4 is 16.2 Å². The van der Waals surface area contributed by atoms with Gasteiger partial charge in [-0.2, -0.15) is 0 Å². The molecular formula is C16H16F2N4O. The number of halogens is 2. The number of aromatic nitrogens is 2. The molecule has 0 saturated carbocycles. The lowest BCUT2D eigenvalue weighted by atomic mass is 10.2. The van der Waals surface area contributed by atoms with Gasteiger partial charge in [-0.05, 0) is 31.2 Å². The van der Waals surface area contributed by atoms with Gasteiger partial charge in [0.25, 0.3) is 0 Å². The van der Waals surface area contributed by atoms with E-state index < -0.39 is 17.8 Å². The highest BCUT2D eigenvalue weighted by atomic mass is 19.1. The van der Waals surface area contributed by atoms with Gasteiger partial charge in [0.1, 0.15) is 18.2 Å². The number of fused-ring (bicyclic) bond motifs is 1. The van der Waals surface area contributed by atoms with Crippen LogP contribution in [-0.2, 0) is 6.61 Å². The van der Waals surface area contributed by atoms with Gasteiger partial charge in [0, 0.05) is 6.20 Å². The first-order valence-corrected chi connectivity index (χ1v) is 7.03. The van der Waals surface area contributed by atoms with E-state index in [1.807, 2.05) is 0 Å². The van der Waals surface area contributed by atoms with Crippen molar-refractivity contribution in [3.05, 3.63) is 65.1 Å². The standard InChI is InChI=1S/C16H16F2N4O/c1-9-14(15(19)20)22-7-3-6-13(16(22)21-9)23-8-10-11(17)4-2-5-12(10)18/h2-7,15H,8,19-20H2,1H3. The van der Waals surface area contributed by atoms with Gasteiger partial charge in [-0.1, -0.05) is 6.07 Å². The van der Waals surface area contributed by atoms with Crippen molar-refractivity contribution in [2.45, 2.75) is 19.7 Å². The Morgan fingerprint density at radius 1 is 1.17 bits per heavy atom. The first kappa shape index (κ1) is 15.4. The van der Waals surface area contributed by atoms with Crippen molar-refractivity contribution < 1.29 is 13.5 Å². The van der Waals surface area contributed by atoms with Crippen LogP contribution in [-0.4, -0.2) is 9.38 Å². The second-order valence-electron chi connectivity index (χ2n) is 5.16. The van der Waals surface area contributed by atoms with Crippen molar-refractivity contribution in [3.63, 3.8) is 0 Å². The molecule has 3 rings (SSSR count). The lowest BCUT2D eigenvalue weighted by Gasteiger charge is -2.10. The fourth-order valence-corrected chi connectivity index (χ4v) is 2.51. The van der Waals surface area contributed by atoms with Crippen LogP contribution in [0.5, 0.6) is 5.75 Å². The Labute approximate surface area is 131 Å². The fourth-order valence-electron chi connectivity index (χ4n) is 2.51. The third kappa shape index (κ3) is 2.76. The second kappa shape index (κ2) is 5.94. The summed E-state index contributed by atoms with van der Waals surface area (Å²) in [4.78, 5) is 4.38. The van der Waals surface area contributed by atoms with Crippen LogP contribution in [0.4, 0.5) is 8.78 Å². The van der Waals surface area contributed by atoms with Crippen LogP contribution in [0.1, 0.15) is 23.1 Å². The van der Waals surface area contributed by atoms with E-state index >= 15 is 0 Å². The van der Waals surface area contributed by atoms with Gasteiger partial charge < -0.3 is 16.2 Å². The van der Waals surface area contributed by atoms with E-state index in [0.29, 0.717) is 22.8 Å². The third-order valence-corrected chi connectivity index (χ3v) is 3.58. The molecule has 5 nitrogen and oxygen atoms in total. The summed E-state index contributed by atoms with van der Waals surface area (Å²) in [6.45, 7) is 1.55. The van der Waals surface area contributed by atoms with Crippen LogP contribution in [0.25, 0.3) is 5.65 Å². The van der Waals surface area contributed by atoms with Gasteiger partial charge >= 0.3 is 0 Å². The number of hydrogen-bond acceptors (Lipinski definition) is 4. The highest BCUT2D eigenvalue weighted by Crippen LogP contribution is 2.25. The molecule has 0 aliphatic carbocycles. The molecule has 0 spiro atoms. The molecule has 0 atom stereocenters. The average molecular weight is 318 g/mol. The minimum atomic E-state index is -0.690. The maximum Gasteiger partial charge on any atom is 0.180 e. The summed E-state index contributed by atoms with van der Waals surface area (Å²) in [5.41, 5.74) is 13.2. The quantitative estimate of drug-likeness (QED) is 0.724. The van der Waals surface area contributed by atoms with E-state index in [9.17, 15) is 8.78 Å². The zero-order valence-corrected chi connectivity index (χ0v) is 12.5. The Hall–Kier alpha value is -2.51. The maximum atomic E-state index is 13.7. The second-order valence-corrected chi connectivity index (χ2v) is 5.16. The van der Waals surface area contributed by atoms with Gasteiger partial charge in [-0.3, -0.25) is 4.40 Å². The number of benzene rings is 1. The summed E-state index contributed by atoms with van der Waals surface area (Å²) in [5.74, 6) is -0.910. The summed E-state index contributed by atoms with van der Waals surface area (Å²) < 4.78 is 34.6. The van der Waals surface area contributed by atoms with E-state index in [-0.39, 0.29) is 12.2 Å². The molecule has 0 fully saturated rings. The van der Waals surface area contributed by atoms with E-state index in [2.05, 4.69) is 4.98 Å². The predicted octanol–water partition coefficient (Wildman–Crippen LogP) is 2.42. The highest BCUT2D eigenvalue weighted by molar-refractivity contribution is 5.56. The molecule has 4 N–H and O–H groups in total. The van der Waals surface area contributed by atoms with Crippen LogP contribution in [0.3, 0.4) is 0 Å².